The molecule has 2 N–H and O–H groups in total. The Morgan fingerprint density at radius 1 is 1.17 bits per heavy atom. The van der Waals surface area contributed by atoms with Gasteiger partial charge in [0.05, 0.1) is 3.79 Å². The number of hydrogen-bond acceptors (Lipinski definition) is 4. The van der Waals surface area contributed by atoms with Crippen LogP contribution in [0.3, 0.4) is 0 Å². The van der Waals surface area contributed by atoms with Crippen LogP contribution in [0.2, 0.25) is 0 Å². The Balaban J connectivity index is 1.84. The third-order valence-electron chi connectivity index (χ3n) is 2.41. The van der Waals surface area contributed by atoms with Crippen molar-refractivity contribution in [3.63, 3.8) is 0 Å². The third kappa shape index (κ3) is 3.99. The zero-order valence-electron chi connectivity index (χ0n) is 10.2. The molecule has 3 nitrogen and oxygen atoms in total. The Morgan fingerprint density at radius 3 is 2.61 bits per heavy atom. The van der Waals surface area contributed by atoms with Gasteiger partial charge in [0.15, 0.2) is 0 Å². The fraction of sp³-hybridized carbons (Fsp3) is 0.308. The number of halogens is 1. The molecule has 0 aliphatic rings. The summed E-state index contributed by atoms with van der Waals surface area (Å²) in [7, 11) is 0. The van der Waals surface area contributed by atoms with E-state index in [0.29, 0.717) is 0 Å². The SMILES string of the molecule is CCNc1cccc(NCCc2ccc(Br)s2)n1. The lowest BCUT2D eigenvalue weighted by molar-refractivity contribution is 1.03. The van der Waals surface area contributed by atoms with E-state index >= 15 is 0 Å². The average Bonchev–Trinajstić information content (AvgIpc) is 2.76. The lowest BCUT2D eigenvalue weighted by Gasteiger charge is -2.07. The Labute approximate surface area is 120 Å². The first-order valence-electron chi connectivity index (χ1n) is 5.97. The minimum absolute atomic E-state index is 0.889. The zero-order valence-corrected chi connectivity index (χ0v) is 12.6. The summed E-state index contributed by atoms with van der Waals surface area (Å²) in [4.78, 5) is 5.84. The topological polar surface area (TPSA) is 37.0 Å². The molecule has 0 aromatic carbocycles. The molecule has 2 aromatic heterocycles. The molecule has 0 saturated heterocycles. The van der Waals surface area contributed by atoms with Crippen LogP contribution in [0.1, 0.15) is 11.8 Å². The van der Waals surface area contributed by atoms with Crippen LogP contribution < -0.4 is 10.6 Å². The summed E-state index contributed by atoms with van der Waals surface area (Å²) < 4.78 is 1.18. The summed E-state index contributed by atoms with van der Waals surface area (Å²) in [6, 6.07) is 10.2. The molecule has 0 fully saturated rings. The lowest BCUT2D eigenvalue weighted by atomic mass is 10.3. The number of rotatable bonds is 6. The minimum Gasteiger partial charge on any atom is -0.370 e. The van der Waals surface area contributed by atoms with Gasteiger partial charge in [0.25, 0.3) is 0 Å². The van der Waals surface area contributed by atoms with Crippen molar-refractivity contribution in [2.24, 2.45) is 0 Å². The molecule has 0 aliphatic heterocycles. The van der Waals surface area contributed by atoms with E-state index in [9.17, 15) is 0 Å². The maximum Gasteiger partial charge on any atom is 0.128 e. The van der Waals surface area contributed by atoms with Crippen LogP contribution in [0.25, 0.3) is 0 Å². The number of pyridine rings is 1. The molecule has 2 heterocycles. The van der Waals surface area contributed by atoms with E-state index in [4.69, 9.17) is 0 Å². The summed E-state index contributed by atoms with van der Waals surface area (Å²) in [6.07, 6.45) is 1.02. The molecular weight excluding hydrogens is 310 g/mol. The highest BCUT2D eigenvalue weighted by Crippen LogP contribution is 2.22. The van der Waals surface area contributed by atoms with Gasteiger partial charge in [-0.05, 0) is 53.5 Å². The molecule has 18 heavy (non-hydrogen) atoms. The van der Waals surface area contributed by atoms with Gasteiger partial charge in [0.1, 0.15) is 11.6 Å². The molecule has 0 spiro atoms. The zero-order chi connectivity index (χ0) is 12.8. The second-order valence-corrected chi connectivity index (χ2v) is 6.37. The standard InChI is InChI=1S/C13H16BrN3S/c1-2-15-12-4-3-5-13(17-12)16-9-8-10-6-7-11(14)18-10/h3-7H,2,8-9H2,1H3,(H2,15,16,17). The number of hydrogen-bond donors (Lipinski definition) is 2. The van der Waals surface area contributed by atoms with Crippen LogP contribution in [0.5, 0.6) is 0 Å². The van der Waals surface area contributed by atoms with E-state index in [1.807, 2.05) is 18.2 Å². The first kappa shape index (κ1) is 13.4. The Bertz CT molecular complexity index is 498. The number of aromatic nitrogens is 1. The van der Waals surface area contributed by atoms with Gasteiger partial charge in [-0.1, -0.05) is 6.07 Å². The van der Waals surface area contributed by atoms with Crippen molar-refractivity contribution in [3.05, 3.63) is 39.0 Å². The molecule has 2 aromatic rings. The Kier molecular flexibility index (Phi) is 5.01. The maximum absolute atomic E-state index is 4.47. The average molecular weight is 326 g/mol. The van der Waals surface area contributed by atoms with Crippen molar-refractivity contribution in [2.45, 2.75) is 13.3 Å². The molecule has 5 heteroatoms. The lowest BCUT2D eigenvalue weighted by Crippen LogP contribution is -2.07. The second-order valence-electron chi connectivity index (χ2n) is 3.82. The second kappa shape index (κ2) is 6.75. The van der Waals surface area contributed by atoms with Gasteiger partial charge >= 0.3 is 0 Å². The summed E-state index contributed by atoms with van der Waals surface area (Å²) in [6.45, 7) is 3.85. The van der Waals surface area contributed by atoms with Crippen LogP contribution in [0.4, 0.5) is 11.6 Å². The van der Waals surface area contributed by atoms with Crippen LogP contribution in [-0.4, -0.2) is 18.1 Å². The minimum atomic E-state index is 0.889. The van der Waals surface area contributed by atoms with Gasteiger partial charge in [-0.2, -0.15) is 0 Å². The summed E-state index contributed by atoms with van der Waals surface area (Å²) >= 11 is 5.25. The summed E-state index contributed by atoms with van der Waals surface area (Å²) in [5.41, 5.74) is 0. The van der Waals surface area contributed by atoms with Gasteiger partial charge < -0.3 is 10.6 Å². The summed E-state index contributed by atoms with van der Waals surface area (Å²) in [5.74, 6) is 1.84. The number of nitrogens with one attached hydrogen (secondary N) is 2. The highest BCUT2D eigenvalue weighted by molar-refractivity contribution is 9.11. The maximum atomic E-state index is 4.47. The van der Waals surface area contributed by atoms with Crippen molar-refractivity contribution < 1.29 is 0 Å². The Hall–Kier alpha value is -1.07. The predicted molar refractivity (Wildman–Crippen MR) is 82.6 cm³/mol. The van der Waals surface area contributed by atoms with E-state index < -0.39 is 0 Å². The van der Waals surface area contributed by atoms with Crippen molar-refractivity contribution in [1.29, 1.82) is 0 Å². The Morgan fingerprint density at radius 2 is 1.94 bits per heavy atom. The highest BCUT2D eigenvalue weighted by atomic mass is 79.9. The highest BCUT2D eigenvalue weighted by Gasteiger charge is 1.99. The van der Waals surface area contributed by atoms with Crippen molar-refractivity contribution in [3.8, 4) is 0 Å². The summed E-state index contributed by atoms with van der Waals surface area (Å²) in [5, 5.41) is 6.55. The molecule has 0 unspecified atom stereocenters. The number of anilines is 2. The van der Waals surface area contributed by atoms with Crippen molar-refractivity contribution in [1.82, 2.24) is 4.98 Å². The van der Waals surface area contributed by atoms with E-state index in [1.165, 1.54) is 8.66 Å². The third-order valence-corrected chi connectivity index (χ3v) is 4.10. The van der Waals surface area contributed by atoms with E-state index in [1.54, 1.807) is 11.3 Å². The smallest absolute Gasteiger partial charge is 0.128 e. The predicted octanol–water partition coefficient (Wildman–Crippen LogP) is 3.99. The van der Waals surface area contributed by atoms with Crippen molar-refractivity contribution >= 4 is 38.9 Å². The van der Waals surface area contributed by atoms with Gasteiger partial charge in [-0.3, -0.25) is 0 Å². The van der Waals surface area contributed by atoms with Gasteiger partial charge in [-0.25, -0.2) is 4.98 Å². The molecule has 0 aliphatic carbocycles. The van der Waals surface area contributed by atoms with Crippen LogP contribution in [0, 0.1) is 0 Å². The first-order valence-corrected chi connectivity index (χ1v) is 7.58. The molecule has 96 valence electrons. The monoisotopic (exact) mass is 325 g/mol. The molecule has 0 radical (unpaired) electrons. The van der Waals surface area contributed by atoms with Crippen molar-refractivity contribution in [2.75, 3.05) is 23.7 Å². The van der Waals surface area contributed by atoms with Crippen LogP contribution in [0.15, 0.2) is 34.1 Å². The molecular formula is C13H16BrN3S. The van der Waals surface area contributed by atoms with Crippen LogP contribution in [-0.2, 0) is 6.42 Å². The molecule has 0 atom stereocenters. The first-order chi connectivity index (χ1) is 8.78. The fourth-order valence-corrected chi connectivity index (χ4v) is 3.10. The van der Waals surface area contributed by atoms with Crippen LogP contribution >= 0.6 is 27.3 Å². The molecule has 2 rings (SSSR count). The van der Waals surface area contributed by atoms with Gasteiger partial charge in [-0.15, -0.1) is 11.3 Å². The quantitative estimate of drug-likeness (QED) is 0.843. The molecule has 0 amide bonds. The van der Waals surface area contributed by atoms with Gasteiger partial charge in [0, 0.05) is 18.0 Å². The molecule has 0 saturated carbocycles. The fourth-order valence-electron chi connectivity index (χ4n) is 1.61. The largest absolute Gasteiger partial charge is 0.370 e. The number of nitrogens with zero attached hydrogens (tertiary/aromatic N) is 1. The molecule has 0 bridgehead atoms. The van der Waals surface area contributed by atoms with E-state index in [2.05, 4.69) is 50.6 Å². The normalized spacial score (nSPS) is 10.3. The van der Waals surface area contributed by atoms with E-state index in [0.717, 1.165) is 31.1 Å². The number of thiophene rings is 1. The van der Waals surface area contributed by atoms with E-state index in [-0.39, 0.29) is 0 Å². The van der Waals surface area contributed by atoms with Gasteiger partial charge in [0.2, 0.25) is 0 Å².